The first kappa shape index (κ1) is 11.3. The zero-order valence-corrected chi connectivity index (χ0v) is 10.5. The van der Waals surface area contributed by atoms with Crippen LogP contribution in [0.15, 0.2) is 29.1 Å². The molecule has 0 radical (unpaired) electrons. The van der Waals surface area contributed by atoms with E-state index in [-0.39, 0.29) is 5.56 Å². The zero-order valence-electron chi connectivity index (χ0n) is 10.5. The lowest BCUT2D eigenvalue weighted by molar-refractivity contribution is 0.434. The number of piperidine rings is 1. The fourth-order valence-corrected chi connectivity index (χ4v) is 2.44. The van der Waals surface area contributed by atoms with Gasteiger partial charge in [-0.15, -0.1) is 0 Å². The molecular formula is C14H17N3O. The highest BCUT2D eigenvalue weighted by Gasteiger charge is 2.18. The van der Waals surface area contributed by atoms with Crippen molar-refractivity contribution in [2.45, 2.75) is 19.8 Å². The molecule has 1 aliphatic heterocycles. The van der Waals surface area contributed by atoms with Gasteiger partial charge in [0.25, 0.3) is 5.56 Å². The number of anilines is 1. The standard InChI is InChI=1S/C14H17N3O/c1-10-6-8-17(9-7-10)14-15-12-5-3-2-4-11(12)13(18)16-14/h2-5,10H,6-9H2,1H3,(H,15,16,18). The number of nitrogens with zero attached hydrogens (tertiary/aromatic N) is 2. The van der Waals surface area contributed by atoms with Gasteiger partial charge in [-0.2, -0.15) is 0 Å². The maximum Gasteiger partial charge on any atom is 0.260 e. The number of hydrogen-bond acceptors (Lipinski definition) is 3. The molecule has 0 saturated carbocycles. The summed E-state index contributed by atoms with van der Waals surface area (Å²) in [5, 5.41) is 0.659. The normalized spacial score (nSPS) is 17.3. The van der Waals surface area contributed by atoms with Crippen molar-refractivity contribution in [2.75, 3.05) is 18.0 Å². The first-order valence-electron chi connectivity index (χ1n) is 6.48. The zero-order chi connectivity index (χ0) is 12.5. The Morgan fingerprint density at radius 3 is 2.78 bits per heavy atom. The molecule has 1 N–H and O–H groups in total. The Balaban J connectivity index is 2.00. The molecule has 2 aromatic rings. The van der Waals surface area contributed by atoms with E-state index in [1.165, 1.54) is 0 Å². The summed E-state index contributed by atoms with van der Waals surface area (Å²) in [6.07, 6.45) is 2.33. The highest BCUT2D eigenvalue weighted by molar-refractivity contribution is 5.78. The predicted molar refractivity (Wildman–Crippen MR) is 73.0 cm³/mol. The van der Waals surface area contributed by atoms with E-state index >= 15 is 0 Å². The Hall–Kier alpha value is -1.84. The molecule has 0 spiro atoms. The number of aromatic amines is 1. The Labute approximate surface area is 106 Å². The molecule has 1 fully saturated rings. The van der Waals surface area contributed by atoms with Crippen LogP contribution < -0.4 is 10.5 Å². The molecule has 3 rings (SSSR count). The summed E-state index contributed by atoms with van der Waals surface area (Å²) in [4.78, 5) is 21.6. The van der Waals surface area contributed by atoms with Crippen molar-refractivity contribution < 1.29 is 0 Å². The van der Waals surface area contributed by atoms with Crippen LogP contribution >= 0.6 is 0 Å². The van der Waals surface area contributed by atoms with Crippen molar-refractivity contribution >= 4 is 16.9 Å². The molecule has 1 aromatic heterocycles. The lowest BCUT2D eigenvalue weighted by atomic mass is 10.00. The minimum absolute atomic E-state index is 0.0470. The molecule has 0 unspecified atom stereocenters. The highest BCUT2D eigenvalue weighted by atomic mass is 16.1. The number of rotatable bonds is 1. The molecule has 4 heteroatoms. The summed E-state index contributed by atoms with van der Waals surface area (Å²) < 4.78 is 0. The summed E-state index contributed by atoms with van der Waals surface area (Å²) in [6, 6.07) is 7.47. The third-order valence-electron chi connectivity index (χ3n) is 3.68. The van der Waals surface area contributed by atoms with E-state index in [4.69, 9.17) is 0 Å². The van der Waals surface area contributed by atoms with Crippen molar-refractivity contribution in [3.8, 4) is 0 Å². The molecule has 94 valence electrons. The first-order valence-corrected chi connectivity index (χ1v) is 6.48. The minimum atomic E-state index is -0.0470. The number of para-hydroxylation sites is 1. The van der Waals surface area contributed by atoms with Crippen molar-refractivity contribution in [3.63, 3.8) is 0 Å². The second-order valence-electron chi connectivity index (χ2n) is 5.08. The lowest BCUT2D eigenvalue weighted by Crippen LogP contribution is -2.35. The molecular weight excluding hydrogens is 226 g/mol. The second-order valence-corrected chi connectivity index (χ2v) is 5.08. The predicted octanol–water partition coefficient (Wildman–Crippen LogP) is 2.16. The highest BCUT2D eigenvalue weighted by Crippen LogP contribution is 2.20. The molecule has 18 heavy (non-hydrogen) atoms. The Bertz CT molecular complexity index is 612. The van der Waals surface area contributed by atoms with Gasteiger partial charge in [0.2, 0.25) is 5.95 Å². The minimum Gasteiger partial charge on any atom is -0.342 e. The van der Waals surface area contributed by atoms with E-state index in [0.29, 0.717) is 11.3 Å². The van der Waals surface area contributed by atoms with Gasteiger partial charge in [0.05, 0.1) is 10.9 Å². The Kier molecular flexibility index (Phi) is 2.78. The van der Waals surface area contributed by atoms with Gasteiger partial charge < -0.3 is 4.90 Å². The third-order valence-corrected chi connectivity index (χ3v) is 3.68. The van der Waals surface area contributed by atoms with Crippen LogP contribution in [0.25, 0.3) is 10.9 Å². The van der Waals surface area contributed by atoms with E-state index in [2.05, 4.69) is 21.8 Å². The molecule has 1 aliphatic rings. The van der Waals surface area contributed by atoms with E-state index in [0.717, 1.165) is 37.4 Å². The van der Waals surface area contributed by atoms with Crippen molar-refractivity contribution in [3.05, 3.63) is 34.6 Å². The number of hydrogen-bond donors (Lipinski definition) is 1. The van der Waals surface area contributed by atoms with Gasteiger partial charge in [0.1, 0.15) is 0 Å². The van der Waals surface area contributed by atoms with Crippen LogP contribution in [0.2, 0.25) is 0 Å². The summed E-state index contributed by atoms with van der Waals surface area (Å²) in [5.74, 6) is 1.49. The molecule has 0 aliphatic carbocycles. The van der Waals surface area contributed by atoms with E-state index in [1.54, 1.807) is 0 Å². The molecule has 2 heterocycles. The number of fused-ring (bicyclic) bond motifs is 1. The van der Waals surface area contributed by atoms with Gasteiger partial charge in [-0.1, -0.05) is 19.1 Å². The van der Waals surface area contributed by atoms with Crippen LogP contribution in [0.5, 0.6) is 0 Å². The Morgan fingerprint density at radius 2 is 2.00 bits per heavy atom. The number of nitrogens with one attached hydrogen (secondary N) is 1. The van der Waals surface area contributed by atoms with Gasteiger partial charge >= 0.3 is 0 Å². The van der Waals surface area contributed by atoms with Crippen LogP contribution in [0.1, 0.15) is 19.8 Å². The van der Waals surface area contributed by atoms with E-state index in [1.807, 2.05) is 24.3 Å². The third kappa shape index (κ3) is 1.98. The second kappa shape index (κ2) is 4.44. The summed E-state index contributed by atoms with van der Waals surface area (Å²) in [6.45, 7) is 4.22. The van der Waals surface area contributed by atoms with Gasteiger partial charge in [-0.05, 0) is 30.9 Å². The molecule has 0 amide bonds. The summed E-state index contributed by atoms with van der Waals surface area (Å²) >= 11 is 0. The van der Waals surface area contributed by atoms with E-state index in [9.17, 15) is 4.79 Å². The average Bonchev–Trinajstić information content (AvgIpc) is 2.39. The smallest absolute Gasteiger partial charge is 0.260 e. The Morgan fingerprint density at radius 1 is 1.28 bits per heavy atom. The van der Waals surface area contributed by atoms with Gasteiger partial charge in [0, 0.05) is 13.1 Å². The van der Waals surface area contributed by atoms with Crippen LogP contribution in [0, 0.1) is 5.92 Å². The lowest BCUT2D eigenvalue weighted by Gasteiger charge is -2.30. The number of H-pyrrole nitrogens is 1. The fourth-order valence-electron chi connectivity index (χ4n) is 2.44. The molecule has 1 aromatic carbocycles. The van der Waals surface area contributed by atoms with Gasteiger partial charge in [-0.3, -0.25) is 9.78 Å². The van der Waals surface area contributed by atoms with Crippen LogP contribution in [0.4, 0.5) is 5.95 Å². The maximum absolute atomic E-state index is 12.0. The fraction of sp³-hybridized carbons (Fsp3) is 0.429. The topological polar surface area (TPSA) is 49.0 Å². The average molecular weight is 243 g/mol. The van der Waals surface area contributed by atoms with Crippen LogP contribution in [0.3, 0.4) is 0 Å². The number of benzene rings is 1. The van der Waals surface area contributed by atoms with Crippen LogP contribution in [-0.4, -0.2) is 23.1 Å². The summed E-state index contributed by atoms with van der Waals surface area (Å²) in [5.41, 5.74) is 0.726. The number of aromatic nitrogens is 2. The van der Waals surface area contributed by atoms with Crippen molar-refractivity contribution in [1.29, 1.82) is 0 Å². The molecule has 4 nitrogen and oxygen atoms in total. The maximum atomic E-state index is 12.0. The largest absolute Gasteiger partial charge is 0.342 e. The van der Waals surface area contributed by atoms with Gasteiger partial charge in [-0.25, -0.2) is 4.98 Å². The SMILES string of the molecule is CC1CCN(c2nc3ccccc3c(=O)[nH]2)CC1. The van der Waals surface area contributed by atoms with Crippen LogP contribution in [-0.2, 0) is 0 Å². The van der Waals surface area contributed by atoms with Crippen molar-refractivity contribution in [1.82, 2.24) is 9.97 Å². The quantitative estimate of drug-likeness (QED) is 0.835. The molecule has 1 saturated heterocycles. The van der Waals surface area contributed by atoms with Gasteiger partial charge in [0.15, 0.2) is 0 Å². The monoisotopic (exact) mass is 243 g/mol. The first-order chi connectivity index (χ1) is 8.74. The molecule has 0 bridgehead atoms. The summed E-state index contributed by atoms with van der Waals surface area (Å²) in [7, 11) is 0. The van der Waals surface area contributed by atoms with Crippen molar-refractivity contribution in [2.24, 2.45) is 5.92 Å². The van der Waals surface area contributed by atoms with E-state index < -0.39 is 0 Å². The molecule has 0 atom stereocenters.